The Hall–Kier alpha value is -2.22. The zero-order chi connectivity index (χ0) is 17.1. The molecule has 3 amide bonds. The minimum absolute atomic E-state index is 0.258. The number of carbonyl (C=O) groups excluding carboxylic acids is 2. The number of hydrogen-bond acceptors (Lipinski definition) is 6. The first-order chi connectivity index (χ1) is 11.5. The summed E-state index contributed by atoms with van der Waals surface area (Å²) in [7, 11) is 0. The molecular formula is C16H20N4O3S. The molecule has 0 atom stereocenters. The maximum absolute atomic E-state index is 11.8. The molecule has 3 rings (SSSR count). The van der Waals surface area contributed by atoms with Gasteiger partial charge in [-0.1, -0.05) is 13.8 Å². The predicted octanol–water partition coefficient (Wildman–Crippen LogP) is 2.04. The molecule has 128 valence electrons. The van der Waals surface area contributed by atoms with Crippen LogP contribution in [0.15, 0.2) is 6.33 Å². The Balaban J connectivity index is 1.62. The minimum atomic E-state index is -0.512. The van der Waals surface area contributed by atoms with Crippen LogP contribution in [0.1, 0.15) is 30.7 Å². The summed E-state index contributed by atoms with van der Waals surface area (Å²) in [5.41, 5.74) is 1.24. The van der Waals surface area contributed by atoms with E-state index < -0.39 is 11.9 Å². The van der Waals surface area contributed by atoms with Crippen LogP contribution in [-0.4, -0.2) is 35.1 Å². The Kier molecular flexibility index (Phi) is 4.94. The van der Waals surface area contributed by atoms with Gasteiger partial charge in [0.15, 0.2) is 6.61 Å². The number of nitrogens with one attached hydrogen (secondary N) is 2. The average molecular weight is 348 g/mol. The van der Waals surface area contributed by atoms with Crippen LogP contribution in [0.25, 0.3) is 10.2 Å². The fourth-order valence-corrected chi connectivity index (χ4v) is 3.87. The Bertz CT molecular complexity index is 772. The number of aryl methyl sites for hydroxylation is 2. The Morgan fingerprint density at radius 3 is 2.96 bits per heavy atom. The van der Waals surface area contributed by atoms with Gasteiger partial charge in [-0.25, -0.2) is 14.8 Å². The average Bonchev–Trinajstić information content (AvgIpc) is 3.11. The third-order valence-corrected chi connectivity index (χ3v) is 4.93. The molecule has 0 unspecified atom stereocenters. The molecule has 8 heteroatoms. The molecular weight excluding hydrogens is 328 g/mol. The normalized spacial score (nSPS) is 13.1. The standard InChI is InChI=1S/C16H20N4O3S/c1-9(2)6-17-16(22)20-12(21)7-23-14-13-10-4-3-5-11(10)24-15(13)19-8-18-14/h8-9H,3-7H2,1-2H3,(H2,17,20,21,22). The fourth-order valence-electron chi connectivity index (χ4n) is 2.65. The molecule has 0 aromatic carbocycles. The van der Waals surface area contributed by atoms with Crippen molar-refractivity contribution in [2.75, 3.05) is 13.2 Å². The van der Waals surface area contributed by atoms with Gasteiger partial charge in [0.1, 0.15) is 11.2 Å². The van der Waals surface area contributed by atoms with Crippen molar-refractivity contribution >= 4 is 33.5 Å². The molecule has 1 aliphatic rings. The number of aromatic nitrogens is 2. The van der Waals surface area contributed by atoms with Gasteiger partial charge in [-0.15, -0.1) is 11.3 Å². The Labute approximate surface area is 143 Å². The van der Waals surface area contributed by atoms with Crippen molar-refractivity contribution in [3.05, 3.63) is 16.8 Å². The highest BCUT2D eigenvalue weighted by atomic mass is 32.1. The van der Waals surface area contributed by atoms with Gasteiger partial charge >= 0.3 is 6.03 Å². The first kappa shape index (κ1) is 16.6. The van der Waals surface area contributed by atoms with Gasteiger partial charge in [0.2, 0.25) is 5.88 Å². The predicted molar refractivity (Wildman–Crippen MR) is 91.3 cm³/mol. The van der Waals surface area contributed by atoms with E-state index >= 15 is 0 Å². The smallest absolute Gasteiger partial charge is 0.321 e. The second-order valence-corrected chi connectivity index (χ2v) is 7.24. The zero-order valence-electron chi connectivity index (χ0n) is 13.7. The summed E-state index contributed by atoms with van der Waals surface area (Å²) in [6, 6.07) is -0.512. The van der Waals surface area contributed by atoms with E-state index in [0.717, 1.165) is 29.5 Å². The second kappa shape index (κ2) is 7.12. The minimum Gasteiger partial charge on any atom is -0.467 e. The molecule has 0 bridgehead atoms. The van der Waals surface area contributed by atoms with Crippen LogP contribution >= 0.6 is 11.3 Å². The lowest BCUT2D eigenvalue weighted by Gasteiger charge is -2.09. The number of fused-ring (bicyclic) bond motifs is 3. The second-order valence-electron chi connectivity index (χ2n) is 6.16. The molecule has 2 N–H and O–H groups in total. The van der Waals surface area contributed by atoms with Crippen molar-refractivity contribution < 1.29 is 14.3 Å². The third-order valence-electron chi connectivity index (χ3n) is 3.73. The van der Waals surface area contributed by atoms with Crippen molar-refractivity contribution in [3.63, 3.8) is 0 Å². The van der Waals surface area contributed by atoms with Crippen LogP contribution in [0.2, 0.25) is 0 Å². The number of carbonyl (C=O) groups is 2. The van der Waals surface area contributed by atoms with Gasteiger partial charge in [0, 0.05) is 11.4 Å². The molecule has 2 aromatic heterocycles. The molecule has 7 nitrogen and oxygen atoms in total. The highest BCUT2D eigenvalue weighted by molar-refractivity contribution is 7.18. The van der Waals surface area contributed by atoms with Gasteiger partial charge in [0.25, 0.3) is 5.91 Å². The monoisotopic (exact) mass is 348 g/mol. The molecule has 24 heavy (non-hydrogen) atoms. The Morgan fingerprint density at radius 2 is 2.17 bits per heavy atom. The van der Waals surface area contributed by atoms with Crippen molar-refractivity contribution in [1.29, 1.82) is 0 Å². The van der Waals surface area contributed by atoms with E-state index in [1.165, 1.54) is 16.8 Å². The van der Waals surface area contributed by atoms with Gasteiger partial charge in [-0.2, -0.15) is 0 Å². The summed E-state index contributed by atoms with van der Waals surface area (Å²) in [5.74, 6) is 0.226. The van der Waals surface area contributed by atoms with E-state index in [-0.39, 0.29) is 6.61 Å². The van der Waals surface area contributed by atoms with Crippen molar-refractivity contribution in [2.24, 2.45) is 5.92 Å². The SMILES string of the molecule is CC(C)CNC(=O)NC(=O)COc1ncnc2sc3c(c12)CCC3. The van der Waals surface area contributed by atoms with Crippen LogP contribution in [0.4, 0.5) is 4.79 Å². The first-order valence-electron chi connectivity index (χ1n) is 8.00. The van der Waals surface area contributed by atoms with Crippen LogP contribution in [0.5, 0.6) is 5.88 Å². The highest BCUT2D eigenvalue weighted by Gasteiger charge is 2.22. The van der Waals surface area contributed by atoms with E-state index in [2.05, 4.69) is 20.6 Å². The summed E-state index contributed by atoms with van der Waals surface area (Å²) in [6.45, 7) is 4.20. The molecule has 0 saturated heterocycles. The summed E-state index contributed by atoms with van der Waals surface area (Å²) >= 11 is 1.66. The molecule has 0 saturated carbocycles. The van der Waals surface area contributed by atoms with E-state index in [0.29, 0.717) is 18.3 Å². The van der Waals surface area contributed by atoms with E-state index in [1.807, 2.05) is 13.8 Å². The number of urea groups is 1. The van der Waals surface area contributed by atoms with Gasteiger partial charge < -0.3 is 10.1 Å². The molecule has 2 aromatic rings. The van der Waals surface area contributed by atoms with E-state index in [1.54, 1.807) is 11.3 Å². The van der Waals surface area contributed by atoms with Crippen LogP contribution in [-0.2, 0) is 17.6 Å². The molecule has 0 spiro atoms. The summed E-state index contributed by atoms with van der Waals surface area (Å²) in [4.78, 5) is 34.1. The lowest BCUT2D eigenvalue weighted by molar-refractivity contribution is -0.122. The fraction of sp³-hybridized carbons (Fsp3) is 0.500. The maximum atomic E-state index is 11.8. The Morgan fingerprint density at radius 1 is 1.33 bits per heavy atom. The van der Waals surface area contributed by atoms with Crippen molar-refractivity contribution in [1.82, 2.24) is 20.6 Å². The van der Waals surface area contributed by atoms with Crippen molar-refractivity contribution in [2.45, 2.75) is 33.1 Å². The first-order valence-corrected chi connectivity index (χ1v) is 8.82. The molecule has 0 radical (unpaired) electrons. The summed E-state index contributed by atoms with van der Waals surface area (Å²) in [6.07, 6.45) is 4.62. The lowest BCUT2D eigenvalue weighted by Crippen LogP contribution is -2.42. The number of nitrogens with zero attached hydrogens (tertiary/aromatic N) is 2. The third kappa shape index (κ3) is 3.64. The lowest BCUT2D eigenvalue weighted by atomic mass is 10.2. The van der Waals surface area contributed by atoms with Gasteiger partial charge in [-0.3, -0.25) is 10.1 Å². The van der Waals surface area contributed by atoms with Crippen LogP contribution < -0.4 is 15.4 Å². The topological polar surface area (TPSA) is 93.2 Å². The van der Waals surface area contributed by atoms with E-state index in [4.69, 9.17) is 4.74 Å². The number of rotatable bonds is 5. The van der Waals surface area contributed by atoms with Crippen molar-refractivity contribution in [3.8, 4) is 5.88 Å². The number of hydrogen-bond donors (Lipinski definition) is 2. The molecule has 2 heterocycles. The number of ether oxygens (including phenoxy) is 1. The largest absolute Gasteiger partial charge is 0.467 e. The quantitative estimate of drug-likeness (QED) is 0.862. The number of amides is 3. The van der Waals surface area contributed by atoms with Gasteiger partial charge in [0.05, 0.1) is 5.39 Å². The van der Waals surface area contributed by atoms with Gasteiger partial charge in [-0.05, 0) is 30.7 Å². The molecule has 1 aliphatic carbocycles. The zero-order valence-corrected chi connectivity index (χ0v) is 14.5. The summed E-state index contributed by atoms with van der Waals surface area (Å²) in [5, 5.41) is 5.77. The van der Waals surface area contributed by atoms with Crippen LogP contribution in [0, 0.1) is 5.92 Å². The molecule has 0 fully saturated rings. The molecule has 0 aliphatic heterocycles. The highest BCUT2D eigenvalue weighted by Crippen LogP contribution is 2.39. The summed E-state index contributed by atoms with van der Waals surface area (Å²) < 4.78 is 5.55. The number of thiophene rings is 1. The number of imide groups is 1. The maximum Gasteiger partial charge on any atom is 0.321 e. The van der Waals surface area contributed by atoms with Crippen LogP contribution in [0.3, 0.4) is 0 Å². The van der Waals surface area contributed by atoms with E-state index in [9.17, 15) is 9.59 Å².